The Balaban J connectivity index is 1.87. The Morgan fingerprint density at radius 1 is 0.938 bits per heavy atom. The molecule has 1 heterocycles. The SMILES string of the molecule is COc1ccccc1C1=C(Nc2ccc(F)c(F)c2)C(=O)N(c2ccc(C)c(Cl)c2)C1=O. The Kier molecular flexibility index (Phi) is 5.67. The molecule has 0 unspecified atom stereocenters. The first-order valence-corrected chi connectivity index (χ1v) is 9.94. The number of benzene rings is 3. The van der Waals surface area contributed by atoms with E-state index >= 15 is 0 Å². The number of nitrogens with zero attached hydrogens (tertiary/aromatic N) is 1. The van der Waals surface area contributed by atoms with E-state index in [0.29, 0.717) is 16.3 Å². The lowest BCUT2D eigenvalue weighted by Gasteiger charge is -2.16. The van der Waals surface area contributed by atoms with Crippen LogP contribution in [-0.2, 0) is 9.59 Å². The van der Waals surface area contributed by atoms with Crippen LogP contribution in [0.1, 0.15) is 11.1 Å². The zero-order chi connectivity index (χ0) is 23.0. The molecular weight excluding hydrogens is 438 g/mol. The maximum atomic E-state index is 13.8. The number of methoxy groups -OCH3 is 1. The molecule has 2 amide bonds. The van der Waals surface area contributed by atoms with Crippen LogP contribution in [0.4, 0.5) is 20.2 Å². The molecule has 1 N–H and O–H groups in total. The number of ether oxygens (including phenoxy) is 1. The summed E-state index contributed by atoms with van der Waals surface area (Å²) in [5.74, 6) is -3.02. The average Bonchev–Trinajstić information content (AvgIpc) is 3.02. The summed E-state index contributed by atoms with van der Waals surface area (Å²) >= 11 is 6.21. The molecule has 32 heavy (non-hydrogen) atoms. The van der Waals surface area contributed by atoms with Gasteiger partial charge in [-0.25, -0.2) is 13.7 Å². The summed E-state index contributed by atoms with van der Waals surface area (Å²) < 4.78 is 32.5. The zero-order valence-electron chi connectivity index (χ0n) is 17.1. The average molecular weight is 455 g/mol. The van der Waals surface area contributed by atoms with Gasteiger partial charge in [0.2, 0.25) is 0 Å². The first kappa shape index (κ1) is 21.5. The van der Waals surface area contributed by atoms with Crippen LogP contribution in [0.5, 0.6) is 5.75 Å². The van der Waals surface area contributed by atoms with Crippen molar-refractivity contribution >= 4 is 40.4 Å². The van der Waals surface area contributed by atoms with Crippen molar-refractivity contribution in [3.63, 3.8) is 0 Å². The molecule has 0 saturated carbocycles. The molecule has 1 aliphatic rings. The van der Waals surface area contributed by atoms with Crippen molar-refractivity contribution < 1.29 is 23.1 Å². The lowest BCUT2D eigenvalue weighted by Crippen LogP contribution is -2.32. The molecule has 162 valence electrons. The molecule has 0 fully saturated rings. The van der Waals surface area contributed by atoms with Gasteiger partial charge in [-0.05, 0) is 42.8 Å². The van der Waals surface area contributed by atoms with Gasteiger partial charge in [0.15, 0.2) is 11.6 Å². The van der Waals surface area contributed by atoms with Crippen molar-refractivity contribution in [1.82, 2.24) is 0 Å². The summed E-state index contributed by atoms with van der Waals surface area (Å²) in [6, 6.07) is 14.7. The summed E-state index contributed by atoms with van der Waals surface area (Å²) in [6.07, 6.45) is 0. The fraction of sp³-hybridized carbons (Fsp3) is 0.0833. The number of carbonyl (C=O) groups is 2. The highest BCUT2D eigenvalue weighted by atomic mass is 35.5. The topological polar surface area (TPSA) is 58.6 Å². The van der Waals surface area contributed by atoms with Gasteiger partial charge in [0, 0.05) is 22.3 Å². The van der Waals surface area contributed by atoms with E-state index in [1.54, 1.807) is 43.3 Å². The second-order valence-electron chi connectivity index (χ2n) is 7.08. The molecule has 0 bridgehead atoms. The molecule has 0 aliphatic carbocycles. The Labute approximate surface area is 187 Å². The fourth-order valence-corrected chi connectivity index (χ4v) is 3.60. The highest BCUT2D eigenvalue weighted by molar-refractivity contribution is 6.46. The van der Waals surface area contributed by atoms with Gasteiger partial charge in [0.05, 0.1) is 18.4 Å². The van der Waals surface area contributed by atoms with Crippen molar-refractivity contribution in [3.8, 4) is 5.75 Å². The minimum Gasteiger partial charge on any atom is -0.496 e. The Bertz CT molecular complexity index is 1290. The van der Waals surface area contributed by atoms with Gasteiger partial charge in [-0.1, -0.05) is 35.9 Å². The van der Waals surface area contributed by atoms with E-state index in [0.717, 1.165) is 22.6 Å². The minimum atomic E-state index is -1.09. The number of nitrogens with one attached hydrogen (secondary N) is 1. The third-order valence-electron chi connectivity index (χ3n) is 5.06. The van der Waals surface area contributed by atoms with E-state index in [1.165, 1.54) is 19.2 Å². The molecular formula is C24H17ClF2N2O3. The largest absolute Gasteiger partial charge is 0.496 e. The normalized spacial score (nSPS) is 13.7. The quantitative estimate of drug-likeness (QED) is 0.529. The number of aryl methyl sites for hydroxylation is 1. The molecule has 3 aromatic rings. The predicted molar refractivity (Wildman–Crippen MR) is 119 cm³/mol. The van der Waals surface area contributed by atoms with E-state index in [2.05, 4.69) is 5.32 Å². The maximum Gasteiger partial charge on any atom is 0.282 e. The molecule has 3 aromatic carbocycles. The number of amides is 2. The summed E-state index contributed by atoms with van der Waals surface area (Å²) in [6.45, 7) is 1.80. The number of imide groups is 1. The van der Waals surface area contributed by atoms with Crippen LogP contribution in [0.2, 0.25) is 5.02 Å². The molecule has 4 rings (SSSR count). The number of hydrogen-bond donors (Lipinski definition) is 1. The molecule has 0 spiro atoms. The maximum absolute atomic E-state index is 13.8. The Hall–Kier alpha value is -3.71. The third-order valence-corrected chi connectivity index (χ3v) is 5.47. The van der Waals surface area contributed by atoms with E-state index < -0.39 is 23.4 Å². The molecule has 0 saturated heterocycles. The van der Waals surface area contributed by atoms with Crippen LogP contribution in [-0.4, -0.2) is 18.9 Å². The van der Waals surface area contributed by atoms with Crippen LogP contribution >= 0.6 is 11.6 Å². The summed E-state index contributed by atoms with van der Waals surface area (Å²) in [5, 5.41) is 3.18. The zero-order valence-corrected chi connectivity index (χ0v) is 17.8. The first-order chi connectivity index (χ1) is 15.3. The number of hydrogen-bond acceptors (Lipinski definition) is 4. The van der Waals surface area contributed by atoms with Crippen molar-refractivity contribution in [2.75, 3.05) is 17.3 Å². The van der Waals surface area contributed by atoms with Gasteiger partial charge in [-0.2, -0.15) is 0 Å². The van der Waals surface area contributed by atoms with E-state index in [-0.39, 0.29) is 22.6 Å². The second kappa shape index (κ2) is 8.43. The minimum absolute atomic E-state index is 0.0360. The van der Waals surface area contributed by atoms with Crippen LogP contribution in [0.3, 0.4) is 0 Å². The highest BCUT2D eigenvalue weighted by Gasteiger charge is 2.41. The number of carbonyl (C=O) groups excluding carboxylic acids is 2. The third kappa shape index (κ3) is 3.71. The number of para-hydroxylation sites is 1. The first-order valence-electron chi connectivity index (χ1n) is 9.56. The van der Waals surface area contributed by atoms with Gasteiger partial charge < -0.3 is 10.1 Å². The standard InChI is InChI=1S/C24H17ClF2N2O3/c1-13-7-9-15(12-17(13)25)29-23(30)21(16-5-3-4-6-20(16)32-2)22(24(29)31)28-14-8-10-18(26)19(27)11-14/h3-12,28H,1-2H3. The number of rotatable bonds is 5. The smallest absolute Gasteiger partial charge is 0.282 e. The van der Waals surface area contributed by atoms with E-state index in [1.807, 2.05) is 0 Å². The lowest BCUT2D eigenvalue weighted by atomic mass is 10.0. The van der Waals surface area contributed by atoms with Gasteiger partial charge in [0.25, 0.3) is 11.8 Å². The van der Waals surface area contributed by atoms with Crippen LogP contribution < -0.4 is 15.0 Å². The van der Waals surface area contributed by atoms with Crippen molar-refractivity contribution in [2.24, 2.45) is 0 Å². The van der Waals surface area contributed by atoms with Crippen LogP contribution in [0, 0.1) is 18.6 Å². The fourth-order valence-electron chi connectivity index (χ4n) is 3.42. The van der Waals surface area contributed by atoms with E-state index in [9.17, 15) is 18.4 Å². The summed E-state index contributed by atoms with van der Waals surface area (Å²) in [5.41, 5.74) is 1.49. The van der Waals surface area contributed by atoms with Crippen LogP contribution in [0.15, 0.2) is 66.4 Å². The van der Waals surface area contributed by atoms with Gasteiger partial charge in [-0.15, -0.1) is 0 Å². The van der Waals surface area contributed by atoms with E-state index in [4.69, 9.17) is 16.3 Å². The molecule has 8 heteroatoms. The molecule has 0 radical (unpaired) electrons. The van der Waals surface area contributed by atoms with Gasteiger partial charge >= 0.3 is 0 Å². The predicted octanol–water partition coefficient (Wildman–Crippen LogP) is 5.33. The summed E-state index contributed by atoms with van der Waals surface area (Å²) in [4.78, 5) is 27.8. The Morgan fingerprint density at radius 2 is 1.69 bits per heavy atom. The monoisotopic (exact) mass is 454 g/mol. The lowest BCUT2D eigenvalue weighted by molar-refractivity contribution is -0.120. The van der Waals surface area contributed by atoms with Crippen molar-refractivity contribution in [2.45, 2.75) is 6.92 Å². The molecule has 5 nitrogen and oxygen atoms in total. The van der Waals surface area contributed by atoms with Gasteiger partial charge in [-0.3, -0.25) is 9.59 Å². The summed E-state index contributed by atoms with van der Waals surface area (Å²) in [7, 11) is 1.45. The Morgan fingerprint density at radius 3 is 2.38 bits per heavy atom. The van der Waals surface area contributed by atoms with Crippen molar-refractivity contribution in [3.05, 3.63) is 94.1 Å². The molecule has 1 aliphatic heterocycles. The van der Waals surface area contributed by atoms with Crippen molar-refractivity contribution in [1.29, 1.82) is 0 Å². The van der Waals surface area contributed by atoms with Gasteiger partial charge in [0.1, 0.15) is 11.4 Å². The number of halogens is 3. The second-order valence-corrected chi connectivity index (χ2v) is 7.49. The van der Waals surface area contributed by atoms with Crippen LogP contribution in [0.25, 0.3) is 5.57 Å². The highest BCUT2D eigenvalue weighted by Crippen LogP contribution is 2.38. The molecule has 0 atom stereocenters. The number of anilines is 2. The molecule has 0 aromatic heterocycles.